The summed E-state index contributed by atoms with van der Waals surface area (Å²) in [6, 6.07) is -0.285. The zero-order chi connectivity index (χ0) is 13.2. The van der Waals surface area contributed by atoms with Crippen molar-refractivity contribution in [2.45, 2.75) is 31.3 Å². The second kappa shape index (κ2) is 5.34. The lowest BCUT2D eigenvalue weighted by molar-refractivity contribution is -0.112. The molecule has 1 aromatic rings. The predicted molar refractivity (Wildman–Crippen MR) is 69.8 cm³/mol. The molecule has 1 aromatic heterocycles. The van der Waals surface area contributed by atoms with E-state index in [2.05, 4.69) is 15.6 Å². The van der Waals surface area contributed by atoms with E-state index >= 15 is 0 Å². The van der Waals surface area contributed by atoms with Crippen LogP contribution in [0.3, 0.4) is 0 Å². The monoisotopic (exact) mass is 281 g/mol. The highest BCUT2D eigenvalue weighted by molar-refractivity contribution is 8.14. The molecule has 6 nitrogen and oxygen atoms in total. The molecule has 7 heteroatoms. The number of amides is 1. The quantitative estimate of drug-likeness (QED) is 0.855. The summed E-state index contributed by atoms with van der Waals surface area (Å²) in [5, 5.41) is 5.98. The molecule has 3 rings (SSSR count). The van der Waals surface area contributed by atoms with Crippen molar-refractivity contribution < 1.29 is 14.0 Å². The highest BCUT2D eigenvalue weighted by Gasteiger charge is 2.29. The molecular formula is C12H15N3O3S. The highest BCUT2D eigenvalue weighted by Crippen LogP contribution is 2.23. The van der Waals surface area contributed by atoms with Gasteiger partial charge in [0.1, 0.15) is 6.26 Å². The van der Waals surface area contributed by atoms with Crippen molar-refractivity contribution >= 4 is 22.8 Å². The topological polar surface area (TPSA) is 84.2 Å². The molecule has 0 spiro atoms. The van der Waals surface area contributed by atoms with Gasteiger partial charge >= 0.3 is 0 Å². The average molecular weight is 281 g/mol. The van der Waals surface area contributed by atoms with Crippen LogP contribution in [0.4, 0.5) is 0 Å². The van der Waals surface area contributed by atoms with Gasteiger partial charge in [-0.25, -0.2) is 4.98 Å². The number of carbonyl (C=O) groups excluding carboxylic acids is 2. The molecule has 1 amide bonds. The molecule has 19 heavy (non-hydrogen) atoms. The molecule has 0 radical (unpaired) electrons. The first-order valence-corrected chi connectivity index (χ1v) is 7.39. The van der Waals surface area contributed by atoms with Crippen LogP contribution in [0.2, 0.25) is 0 Å². The minimum absolute atomic E-state index is 0.0227. The first-order valence-electron chi connectivity index (χ1n) is 6.40. The van der Waals surface area contributed by atoms with Crippen molar-refractivity contribution in [1.82, 2.24) is 15.6 Å². The summed E-state index contributed by atoms with van der Waals surface area (Å²) in [6.07, 6.45) is 4.10. The van der Waals surface area contributed by atoms with Gasteiger partial charge < -0.3 is 15.1 Å². The third kappa shape index (κ3) is 2.66. The van der Waals surface area contributed by atoms with Crippen LogP contribution in [0.1, 0.15) is 41.7 Å². The Bertz CT molecular complexity index is 496. The summed E-state index contributed by atoms with van der Waals surface area (Å²) in [6.45, 7) is 0.947. The number of carbonyl (C=O) groups is 2. The molecule has 2 aliphatic rings. The molecule has 0 bridgehead atoms. The minimum atomic E-state index is -0.387. The Hall–Kier alpha value is -1.34. The highest BCUT2D eigenvalue weighted by atomic mass is 32.2. The number of hydrogen-bond donors (Lipinski definition) is 2. The number of nitrogens with one attached hydrogen (secondary N) is 2. The summed E-state index contributed by atoms with van der Waals surface area (Å²) >= 11 is 1.26. The van der Waals surface area contributed by atoms with Crippen LogP contribution in [0, 0.1) is 0 Å². The van der Waals surface area contributed by atoms with Crippen molar-refractivity contribution in [2.75, 3.05) is 12.3 Å². The molecule has 2 aliphatic heterocycles. The number of oxazole rings is 1. The lowest BCUT2D eigenvalue weighted by Crippen LogP contribution is -2.37. The number of aromatic nitrogens is 1. The Balaban J connectivity index is 1.65. The van der Waals surface area contributed by atoms with Gasteiger partial charge in [-0.3, -0.25) is 9.59 Å². The normalized spacial score (nSPS) is 26.8. The van der Waals surface area contributed by atoms with E-state index in [1.165, 1.54) is 18.0 Å². The summed E-state index contributed by atoms with van der Waals surface area (Å²) < 4.78 is 5.34. The largest absolute Gasteiger partial charge is 0.446 e. The Morgan fingerprint density at radius 3 is 3.11 bits per heavy atom. The van der Waals surface area contributed by atoms with Crippen LogP contribution in [0.25, 0.3) is 0 Å². The minimum Gasteiger partial charge on any atom is -0.446 e. The Labute approximate surface area is 114 Å². The van der Waals surface area contributed by atoms with E-state index in [9.17, 15) is 9.59 Å². The van der Waals surface area contributed by atoms with Gasteiger partial charge in [-0.2, -0.15) is 0 Å². The molecule has 2 atom stereocenters. The van der Waals surface area contributed by atoms with Gasteiger partial charge in [0, 0.05) is 5.75 Å². The lowest BCUT2D eigenvalue weighted by Gasteiger charge is -2.07. The van der Waals surface area contributed by atoms with Crippen molar-refractivity contribution in [3.05, 3.63) is 17.8 Å². The van der Waals surface area contributed by atoms with Crippen LogP contribution >= 0.6 is 11.8 Å². The van der Waals surface area contributed by atoms with Gasteiger partial charge in [-0.1, -0.05) is 11.8 Å². The third-order valence-electron chi connectivity index (χ3n) is 3.35. The van der Waals surface area contributed by atoms with E-state index in [4.69, 9.17) is 4.42 Å². The maximum atomic E-state index is 12.0. The first-order chi connectivity index (χ1) is 9.24. The molecule has 0 aromatic carbocycles. The van der Waals surface area contributed by atoms with Crippen molar-refractivity contribution in [3.8, 4) is 0 Å². The maximum absolute atomic E-state index is 12.0. The van der Waals surface area contributed by atoms with Gasteiger partial charge in [0.05, 0.1) is 12.1 Å². The van der Waals surface area contributed by atoms with E-state index < -0.39 is 0 Å². The predicted octanol–water partition coefficient (Wildman–Crippen LogP) is 0.861. The van der Waals surface area contributed by atoms with E-state index in [0.29, 0.717) is 12.3 Å². The third-order valence-corrected chi connectivity index (χ3v) is 4.36. The Morgan fingerprint density at radius 1 is 1.53 bits per heavy atom. The van der Waals surface area contributed by atoms with Crippen LogP contribution in [-0.4, -0.2) is 34.3 Å². The molecule has 2 saturated heterocycles. The fraction of sp³-hybridized carbons (Fsp3) is 0.583. The fourth-order valence-electron chi connectivity index (χ4n) is 2.31. The molecule has 2 N–H and O–H groups in total. The van der Waals surface area contributed by atoms with Gasteiger partial charge in [-0.05, 0) is 25.8 Å². The van der Waals surface area contributed by atoms with Gasteiger partial charge in [-0.15, -0.1) is 0 Å². The lowest BCUT2D eigenvalue weighted by atomic mass is 10.2. The number of thioether (sulfide) groups is 1. The molecule has 3 heterocycles. The van der Waals surface area contributed by atoms with Gasteiger partial charge in [0.25, 0.3) is 5.91 Å². The maximum Gasteiger partial charge on any atom is 0.273 e. The molecule has 2 fully saturated rings. The van der Waals surface area contributed by atoms with Gasteiger partial charge in [0.2, 0.25) is 11.0 Å². The average Bonchev–Trinajstić information content (AvgIpc) is 3.09. The summed E-state index contributed by atoms with van der Waals surface area (Å²) in [5.41, 5.74) is 0.244. The standard InChI is InChI=1S/C12H15N3O3S/c16-10(14-8-3-5-19-12(8)17)9-6-18-11(15-9)7-2-1-4-13-7/h6-8,13H,1-5H2,(H,14,16). The number of nitrogens with zero attached hydrogens (tertiary/aromatic N) is 1. The van der Waals surface area contributed by atoms with Gasteiger partial charge in [0.15, 0.2) is 5.69 Å². The van der Waals surface area contributed by atoms with Crippen LogP contribution in [0.15, 0.2) is 10.7 Å². The fourth-order valence-corrected chi connectivity index (χ4v) is 3.24. The zero-order valence-electron chi connectivity index (χ0n) is 10.3. The smallest absolute Gasteiger partial charge is 0.273 e. The van der Waals surface area contributed by atoms with E-state index in [1.54, 1.807) is 0 Å². The zero-order valence-corrected chi connectivity index (χ0v) is 11.2. The molecular weight excluding hydrogens is 266 g/mol. The Morgan fingerprint density at radius 2 is 2.42 bits per heavy atom. The van der Waals surface area contributed by atoms with Crippen LogP contribution < -0.4 is 10.6 Å². The SMILES string of the molecule is O=C(NC1CCSC1=O)c1coc(C2CCCN2)n1. The molecule has 0 saturated carbocycles. The van der Waals surface area contributed by atoms with E-state index in [1.807, 2.05) is 0 Å². The summed E-state index contributed by atoms with van der Waals surface area (Å²) in [5.74, 6) is 0.975. The van der Waals surface area contributed by atoms with Crippen molar-refractivity contribution in [1.29, 1.82) is 0 Å². The van der Waals surface area contributed by atoms with Crippen molar-refractivity contribution in [2.24, 2.45) is 0 Å². The number of hydrogen-bond acceptors (Lipinski definition) is 6. The van der Waals surface area contributed by atoms with E-state index in [-0.39, 0.29) is 28.8 Å². The molecule has 0 aliphatic carbocycles. The number of rotatable bonds is 3. The van der Waals surface area contributed by atoms with E-state index in [0.717, 1.165) is 25.1 Å². The summed E-state index contributed by atoms with van der Waals surface area (Å²) in [7, 11) is 0. The second-order valence-corrected chi connectivity index (χ2v) is 5.80. The Kier molecular flexibility index (Phi) is 3.56. The first kappa shape index (κ1) is 12.7. The summed E-state index contributed by atoms with van der Waals surface area (Å²) in [4.78, 5) is 27.6. The second-order valence-electron chi connectivity index (χ2n) is 4.70. The van der Waals surface area contributed by atoms with Crippen LogP contribution in [0.5, 0.6) is 0 Å². The molecule has 102 valence electrons. The molecule has 2 unspecified atom stereocenters. The van der Waals surface area contributed by atoms with Crippen LogP contribution in [-0.2, 0) is 4.79 Å². The van der Waals surface area contributed by atoms with Crippen molar-refractivity contribution in [3.63, 3.8) is 0 Å².